The summed E-state index contributed by atoms with van der Waals surface area (Å²) in [5.41, 5.74) is 0.0549. The minimum Gasteiger partial charge on any atom is -0.453 e. The Kier molecular flexibility index (Phi) is 6.02. The van der Waals surface area contributed by atoms with E-state index in [0.717, 1.165) is 25.5 Å². The summed E-state index contributed by atoms with van der Waals surface area (Å²) in [7, 11) is 1.24. The van der Waals surface area contributed by atoms with Crippen molar-refractivity contribution in [1.82, 2.24) is 15.0 Å². The van der Waals surface area contributed by atoms with E-state index in [2.05, 4.69) is 60.1 Å². The molecule has 11 heteroatoms. The highest BCUT2D eigenvalue weighted by atomic mass is 79.9. The number of nitrogens with one attached hydrogen (secondary N) is 3. The van der Waals surface area contributed by atoms with Crippen molar-refractivity contribution in [2.45, 2.75) is 45.3 Å². The van der Waals surface area contributed by atoms with Crippen LogP contribution in [0.5, 0.6) is 0 Å². The summed E-state index contributed by atoms with van der Waals surface area (Å²) >= 11 is 3.40. The molecule has 1 aliphatic rings. The number of methoxy groups -OCH3 is 1. The minimum absolute atomic E-state index is 0.000899. The molecule has 0 spiro atoms. The highest BCUT2D eigenvalue weighted by Gasteiger charge is 2.38. The van der Waals surface area contributed by atoms with Gasteiger partial charge in [-0.1, -0.05) is 26.3 Å². The number of hydrogen-bond acceptors (Lipinski definition) is 5. The van der Waals surface area contributed by atoms with Gasteiger partial charge in [0, 0.05) is 29.4 Å². The molecule has 3 aromatic rings. The van der Waals surface area contributed by atoms with Crippen LogP contribution in [-0.4, -0.2) is 34.2 Å². The van der Waals surface area contributed by atoms with Gasteiger partial charge in [0.15, 0.2) is 0 Å². The van der Waals surface area contributed by atoms with Gasteiger partial charge in [-0.2, -0.15) is 13.2 Å². The summed E-state index contributed by atoms with van der Waals surface area (Å²) in [6.07, 6.45) is -0.0299. The second kappa shape index (κ2) is 8.51. The van der Waals surface area contributed by atoms with Crippen LogP contribution in [0, 0.1) is 5.41 Å². The Labute approximate surface area is 196 Å². The first-order valence-electron chi connectivity index (χ1n) is 10.4. The van der Waals surface area contributed by atoms with E-state index in [0.29, 0.717) is 21.1 Å². The Morgan fingerprint density at radius 2 is 2.09 bits per heavy atom. The van der Waals surface area contributed by atoms with E-state index < -0.39 is 17.8 Å². The number of aromatic amines is 1. The molecule has 4 rings (SSSR count). The molecule has 3 N–H and O–H groups in total. The summed E-state index contributed by atoms with van der Waals surface area (Å²) in [5, 5.41) is 6.30. The van der Waals surface area contributed by atoms with Crippen LogP contribution in [0.2, 0.25) is 0 Å². The van der Waals surface area contributed by atoms with E-state index in [1.54, 1.807) is 12.1 Å². The van der Waals surface area contributed by atoms with Gasteiger partial charge in [0.2, 0.25) is 5.95 Å². The summed E-state index contributed by atoms with van der Waals surface area (Å²) in [4.78, 5) is 22.8. The molecule has 33 heavy (non-hydrogen) atoms. The second-order valence-corrected chi connectivity index (χ2v) is 9.49. The molecule has 0 aliphatic heterocycles. The number of hydrogen-bond donors (Lipinski definition) is 3. The van der Waals surface area contributed by atoms with E-state index in [-0.39, 0.29) is 28.7 Å². The molecule has 1 aliphatic carbocycles. The van der Waals surface area contributed by atoms with Crippen molar-refractivity contribution >= 4 is 44.6 Å². The largest absolute Gasteiger partial charge is 0.453 e. The van der Waals surface area contributed by atoms with Crippen LogP contribution in [0.4, 0.5) is 29.6 Å². The molecule has 1 amide bonds. The fourth-order valence-corrected chi connectivity index (χ4v) is 4.79. The average Bonchev–Trinajstić information content (AvgIpc) is 3.32. The van der Waals surface area contributed by atoms with Gasteiger partial charge in [-0.05, 0) is 40.3 Å². The zero-order valence-electron chi connectivity index (χ0n) is 18.2. The molecular formula is C22H23BrF3N5O2. The molecule has 7 nitrogen and oxygen atoms in total. The monoisotopic (exact) mass is 525 g/mol. The van der Waals surface area contributed by atoms with Gasteiger partial charge in [0.1, 0.15) is 5.56 Å². The lowest BCUT2D eigenvalue weighted by molar-refractivity contribution is -0.137. The third kappa shape index (κ3) is 4.50. The normalized spacial score (nSPS) is 17.8. The zero-order valence-corrected chi connectivity index (χ0v) is 19.8. The number of anilines is 2. The van der Waals surface area contributed by atoms with Gasteiger partial charge >= 0.3 is 12.3 Å². The molecule has 1 fully saturated rings. The van der Waals surface area contributed by atoms with Crippen LogP contribution in [0.1, 0.15) is 38.7 Å². The first-order valence-corrected chi connectivity index (χ1v) is 11.2. The summed E-state index contributed by atoms with van der Waals surface area (Å²) in [6.45, 7) is 4.25. The molecule has 0 bridgehead atoms. The van der Waals surface area contributed by atoms with Crippen molar-refractivity contribution in [2.24, 2.45) is 5.41 Å². The lowest BCUT2D eigenvalue weighted by atomic mass is 9.87. The molecule has 176 valence electrons. The molecule has 2 aromatic heterocycles. The quantitative estimate of drug-likeness (QED) is 0.358. The topological polar surface area (TPSA) is 91.9 Å². The lowest BCUT2D eigenvalue weighted by Gasteiger charge is -2.28. The fraction of sp³-hybridized carbons (Fsp3) is 0.409. The van der Waals surface area contributed by atoms with Crippen molar-refractivity contribution in [2.75, 3.05) is 17.7 Å². The van der Waals surface area contributed by atoms with Crippen LogP contribution >= 0.6 is 15.9 Å². The maximum atomic E-state index is 13.8. The van der Waals surface area contributed by atoms with Gasteiger partial charge in [0.25, 0.3) is 0 Å². The molecule has 2 heterocycles. The molecule has 0 unspecified atom stereocenters. The van der Waals surface area contributed by atoms with Crippen molar-refractivity contribution in [3.63, 3.8) is 0 Å². The Balaban J connectivity index is 1.79. The van der Waals surface area contributed by atoms with Crippen molar-refractivity contribution in [3.8, 4) is 11.3 Å². The second-order valence-electron chi connectivity index (χ2n) is 8.70. The van der Waals surface area contributed by atoms with Crippen LogP contribution in [0.25, 0.3) is 22.2 Å². The average molecular weight is 526 g/mol. The number of aromatic nitrogens is 3. The molecule has 0 saturated heterocycles. The number of nitrogens with zero attached hydrogens (tertiary/aromatic N) is 2. The fourth-order valence-electron chi connectivity index (χ4n) is 4.23. The predicted octanol–water partition coefficient (Wildman–Crippen LogP) is 6.58. The van der Waals surface area contributed by atoms with Gasteiger partial charge < -0.3 is 15.0 Å². The molecule has 1 saturated carbocycles. The van der Waals surface area contributed by atoms with Gasteiger partial charge in [0.05, 0.1) is 28.5 Å². The van der Waals surface area contributed by atoms with Crippen LogP contribution in [0.3, 0.4) is 0 Å². The SMILES string of the molecule is COC(=O)Nc1ccc2c(-c3nc(N[C@H]4CCCC4(C)C)ncc3C(F)(F)F)c[nH]c2c1Br. The maximum Gasteiger partial charge on any atom is 0.419 e. The van der Waals surface area contributed by atoms with E-state index in [9.17, 15) is 18.0 Å². The van der Waals surface area contributed by atoms with E-state index in [1.165, 1.54) is 13.3 Å². The number of halogens is 4. The Morgan fingerprint density at radius 1 is 1.33 bits per heavy atom. The first kappa shape index (κ1) is 23.3. The highest BCUT2D eigenvalue weighted by Crippen LogP contribution is 2.42. The van der Waals surface area contributed by atoms with E-state index >= 15 is 0 Å². The van der Waals surface area contributed by atoms with Crippen molar-refractivity contribution in [1.29, 1.82) is 0 Å². The smallest absolute Gasteiger partial charge is 0.419 e. The van der Waals surface area contributed by atoms with Gasteiger partial charge in [-0.3, -0.25) is 5.32 Å². The van der Waals surface area contributed by atoms with Crippen LogP contribution in [0.15, 0.2) is 29.0 Å². The Bertz CT molecular complexity index is 1210. The third-order valence-corrected chi connectivity index (χ3v) is 6.95. The van der Waals surface area contributed by atoms with Gasteiger partial charge in [-0.25, -0.2) is 14.8 Å². The highest BCUT2D eigenvalue weighted by molar-refractivity contribution is 9.10. The summed E-state index contributed by atoms with van der Waals surface area (Å²) in [5.74, 6) is 0.162. The number of alkyl halides is 3. The summed E-state index contributed by atoms with van der Waals surface area (Å²) in [6, 6.07) is 3.27. The van der Waals surface area contributed by atoms with Gasteiger partial charge in [-0.15, -0.1) is 0 Å². The molecule has 1 atom stereocenters. The predicted molar refractivity (Wildman–Crippen MR) is 123 cm³/mol. The van der Waals surface area contributed by atoms with E-state index in [4.69, 9.17) is 0 Å². The number of rotatable bonds is 4. The number of fused-ring (bicyclic) bond motifs is 1. The number of ether oxygens (including phenoxy) is 1. The number of H-pyrrole nitrogens is 1. The number of amides is 1. The zero-order chi connectivity index (χ0) is 24.0. The number of carbonyl (C=O) groups is 1. The minimum atomic E-state index is -4.63. The van der Waals surface area contributed by atoms with E-state index in [1.807, 2.05) is 0 Å². The van der Waals surface area contributed by atoms with Crippen LogP contribution < -0.4 is 10.6 Å². The summed E-state index contributed by atoms with van der Waals surface area (Å²) < 4.78 is 46.6. The molecule has 1 aromatic carbocycles. The Morgan fingerprint density at radius 3 is 2.73 bits per heavy atom. The number of carbonyl (C=O) groups excluding carboxylic acids is 1. The standard InChI is InChI=1S/C22H23BrF3N5O2/c1-21(2)8-4-5-15(21)30-19-28-10-13(22(24,25)26)17(31-19)12-9-27-18-11(12)6-7-14(16(18)23)29-20(32)33-3/h6-7,9-10,15,27H,4-5,8H2,1-3H3,(H,29,32)(H,28,30,31)/t15-/m0/s1. The molecule has 0 radical (unpaired) electrons. The van der Waals surface area contributed by atoms with Crippen LogP contribution in [-0.2, 0) is 10.9 Å². The first-order chi connectivity index (χ1) is 15.5. The van der Waals surface area contributed by atoms with Crippen molar-refractivity contribution in [3.05, 3.63) is 34.6 Å². The molecular weight excluding hydrogens is 503 g/mol. The lowest BCUT2D eigenvalue weighted by Crippen LogP contribution is -2.31. The maximum absolute atomic E-state index is 13.8. The Hall–Kier alpha value is -2.82. The third-order valence-electron chi connectivity index (χ3n) is 6.12. The number of benzene rings is 1. The van der Waals surface area contributed by atoms with Crippen molar-refractivity contribution < 1.29 is 22.7 Å².